The number of nitrogens with one attached hydrogen (secondary N) is 1. The molecule has 2 N–H and O–H groups in total. The zero-order valence-electron chi connectivity index (χ0n) is 26.9. The highest BCUT2D eigenvalue weighted by atomic mass is 16.6. The minimum Gasteiger partial charge on any atom is -0.455 e. The van der Waals surface area contributed by atoms with E-state index in [0.717, 1.165) is 5.56 Å². The lowest BCUT2D eigenvalue weighted by Gasteiger charge is -2.40. The molecule has 10 heteroatoms. The smallest absolute Gasteiger partial charge is 0.313 e. The number of aliphatic hydroxyl groups excluding tert-OH is 1. The number of cyclic esters (lactones) is 1. The van der Waals surface area contributed by atoms with Crippen molar-refractivity contribution < 1.29 is 33.8 Å². The van der Waals surface area contributed by atoms with Gasteiger partial charge in [-0.15, -0.1) is 0 Å². The Kier molecular flexibility index (Phi) is 9.61. The summed E-state index contributed by atoms with van der Waals surface area (Å²) in [7, 11) is 0. The summed E-state index contributed by atoms with van der Waals surface area (Å²) < 4.78 is 13.0. The van der Waals surface area contributed by atoms with Gasteiger partial charge < -0.3 is 29.7 Å². The van der Waals surface area contributed by atoms with Gasteiger partial charge in [-0.3, -0.25) is 19.2 Å². The Bertz CT molecular complexity index is 1530. The normalized spacial score (nSPS) is 31.3. The summed E-state index contributed by atoms with van der Waals surface area (Å²) in [5.74, 6) is -3.80. The number of nitrogens with zero attached hydrogens (tertiary/aromatic N) is 2. The van der Waals surface area contributed by atoms with Gasteiger partial charge in [0.25, 0.3) is 0 Å². The van der Waals surface area contributed by atoms with Gasteiger partial charge in [0, 0.05) is 19.5 Å². The van der Waals surface area contributed by atoms with E-state index in [-0.39, 0.29) is 43.8 Å². The van der Waals surface area contributed by atoms with Gasteiger partial charge in [0.15, 0.2) is 0 Å². The molecule has 4 heterocycles. The van der Waals surface area contributed by atoms with Crippen LogP contribution in [0.5, 0.6) is 0 Å². The number of esters is 1. The summed E-state index contributed by atoms with van der Waals surface area (Å²) in [5.41, 5.74) is 0.165. The van der Waals surface area contributed by atoms with Crippen LogP contribution in [-0.2, 0) is 35.2 Å². The largest absolute Gasteiger partial charge is 0.455 e. The minimum absolute atomic E-state index is 0.0719. The summed E-state index contributed by atoms with van der Waals surface area (Å²) in [5, 5.41) is 13.5. The first-order valence-electron chi connectivity index (χ1n) is 16.6. The van der Waals surface area contributed by atoms with Crippen LogP contribution in [0.25, 0.3) is 0 Å². The Labute approximate surface area is 275 Å². The van der Waals surface area contributed by atoms with Crippen LogP contribution in [0.15, 0.2) is 85.0 Å². The van der Waals surface area contributed by atoms with E-state index in [1.807, 2.05) is 80.6 Å². The average molecular weight is 642 g/mol. The number of hydrogen-bond donors (Lipinski definition) is 2. The van der Waals surface area contributed by atoms with Crippen molar-refractivity contribution in [2.45, 2.75) is 69.5 Å². The highest BCUT2D eigenvalue weighted by molar-refractivity contribution is 5.99. The van der Waals surface area contributed by atoms with E-state index in [2.05, 4.69) is 5.32 Å². The summed E-state index contributed by atoms with van der Waals surface area (Å²) in [4.78, 5) is 59.6. The summed E-state index contributed by atoms with van der Waals surface area (Å²) in [6, 6.07) is 17.0. The molecule has 2 aromatic rings. The maximum atomic E-state index is 14.8. The van der Waals surface area contributed by atoms with Gasteiger partial charge >= 0.3 is 5.97 Å². The van der Waals surface area contributed by atoms with Gasteiger partial charge in [-0.1, -0.05) is 105 Å². The number of carbonyl (C=O) groups is 4. The molecule has 0 bridgehead atoms. The van der Waals surface area contributed by atoms with Crippen molar-refractivity contribution >= 4 is 23.7 Å². The van der Waals surface area contributed by atoms with Crippen LogP contribution < -0.4 is 5.32 Å². The molecule has 3 amide bonds. The van der Waals surface area contributed by atoms with Crippen LogP contribution in [0.4, 0.5) is 0 Å². The predicted octanol–water partition coefficient (Wildman–Crippen LogP) is 3.32. The van der Waals surface area contributed by atoms with Crippen molar-refractivity contribution in [1.82, 2.24) is 15.1 Å². The van der Waals surface area contributed by atoms with E-state index in [0.29, 0.717) is 24.9 Å². The zero-order chi connectivity index (χ0) is 33.1. The van der Waals surface area contributed by atoms with Crippen molar-refractivity contribution in [3.8, 4) is 0 Å². The molecule has 0 radical (unpaired) electrons. The van der Waals surface area contributed by atoms with Crippen molar-refractivity contribution in [3.63, 3.8) is 0 Å². The highest BCUT2D eigenvalue weighted by Crippen LogP contribution is 2.54. The fourth-order valence-electron chi connectivity index (χ4n) is 7.51. The van der Waals surface area contributed by atoms with Crippen molar-refractivity contribution in [2.24, 2.45) is 17.8 Å². The minimum atomic E-state index is -1.48. The second-order valence-corrected chi connectivity index (χ2v) is 12.9. The molecule has 8 atom stereocenters. The lowest BCUT2D eigenvalue weighted by atomic mass is 9.77. The standard InChI is InChI=1S/C37H43N3O7/c1-3-24(2)27(23-41)40-33-35(44)39(22-25-13-6-4-7-14-25)20-12-19-37(33)32(34(40)43)31-28(47-37)17-10-11-18-30(42)38-21-29(46-36(31)45)26-15-8-5-9-16-26/h4-10,12-17,19,24,27-29,31-33,41H,3,11,18,20-23H2,1-2H3,(H,38,42)/b17-10-/t24-,27-,28-,29+,31+,32+,33-,37+/m0/s1. The molecular formula is C37H43N3O7. The van der Waals surface area contributed by atoms with Gasteiger partial charge in [0.1, 0.15) is 23.7 Å². The molecule has 10 nitrogen and oxygen atoms in total. The molecule has 0 aromatic heterocycles. The molecule has 47 heavy (non-hydrogen) atoms. The first-order valence-corrected chi connectivity index (χ1v) is 16.6. The molecule has 2 fully saturated rings. The fourth-order valence-corrected chi connectivity index (χ4v) is 7.51. The second-order valence-electron chi connectivity index (χ2n) is 12.9. The Hall–Kier alpha value is -4.28. The van der Waals surface area contributed by atoms with Gasteiger partial charge in [0.05, 0.1) is 31.2 Å². The van der Waals surface area contributed by atoms with E-state index in [9.17, 15) is 24.3 Å². The van der Waals surface area contributed by atoms with E-state index in [4.69, 9.17) is 9.47 Å². The first kappa shape index (κ1) is 32.7. The number of carbonyl (C=O) groups excluding carboxylic acids is 4. The third kappa shape index (κ3) is 6.12. The van der Waals surface area contributed by atoms with E-state index >= 15 is 0 Å². The molecule has 0 saturated carbocycles. The van der Waals surface area contributed by atoms with Crippen LogP contribution in [0.1, 0.15) is 50.3 Å². The van der Waals surface area contributed by atoms with Crippen LogP contribution >= 0.6 is 0 Å². The summed E-state index contributed by atoms with van der Waals surface area (Å²) in [6.07, 6.45) is 6.78. The van der Waals surface area contributed by atoms with Gasteiger partial charge in [-0.05, 0) is 23.5 Å². The van der Waals surface area contributed by atoms with Crippen molar-refractivity contribution in [3.05, 3.63) is 96.1 Å². The number of allylic oxidation sites excluding steroid dienone is 1. The molecule has 1 spiro atoms. The monoisotopic (exact) mass is 641 g/mol. The predicted molar refractivity (Wildman–Crippen MR) is 173 cm³/mol. The number of fused-ring (bicyclic) bond motifs is 2. The Morgan fingerprint density at radius 3 is 2.43 bits per heavy atom. The maximum absolute atomic E-state index is 14.8. The third-order valence-corrected chi connectivity index (χ3v) is 10.1. The number of hydrogen-bond acceptors (Lipinski definition) is 7. The molecule has 6 rings (SSSR count). The average Bonchev–Trinajstić information content (AvgIpc) is 3.48. The molecular weight excluding hydrogens is 598 g/mol. The Morgan fingerprint density at radius 2 is 1.72 bits per heavy atom. The van der Waals surface area contributed by atoms with Gasteiger partial charge in [-0.2, -0.15) is 0 Å². The SMILES string of the molecule is CC[C@H](C)[C@H](CO)N1C(=O)[C@H]2[C@@H]3C(=O)O[C@@H](c4ccccc4)CNC(=O)CC/C=C\[C@@H]3O[C@]23C=CCN(Cc2ccccc2)C(=O)[C@H]13. The topological polar surface area (TPSA) is 125 Å². The first-order chi connectivity index (χ1) is 22.8. The molecule has 0 aliphatic carbocycles. The Balaban J connectivity index is 1.44. The lowest BCUT2D eigenvalue weighted by Crippen LogP contribution is -2.59. The van der Waals surface area contributed by atoms with Gasteiger partial charge in [-0.25, -0.2) is 0 Å². The lowest BCUT2D eigenvalue weighted by molar-refractivity contribution is -0.161. The third-order valence-electron chi connectivity index (χ3n) is 10.1. The fraction of sp³-hybridized carbons (Fsp3) is 0.459. The number of benzene rings is 2. The number of aliphatic hydroxyl groups is 1. The van der Waals surface area contributed by atoms with Crippen LogP contribution in [0.3, 0.4) is 0 Å². The second kappa shape index (κ2) is 13.8. The molecule has 4 aliphatic heterocycles. The number of amides is 3. The molecule has 2 saturated heterocycles. The highest BCUT2D eigenvalue weighted by Gasteiger charge is 2.72. The summed E-state index contributed by atoms with van der Waals surface area (Å²) >= 11 is 0. The Morgan fingerprint density at radius 1 is 1.00 bits per heavy atom. The van der Waals surface area contributed by atoms with Gasteiger partial charge in [0.2, 0.25) is 17.7 Å². The van der Waals surface area contributed by atoms with E-state index < -0.39 is 53.6 Å². The molecule has 4 aliphatic rings. The molecule has 0 unspecified atom stereocenters. The van der Waals surface area contributed by atoms with Crippen LogP contribution in [0.2, 0.25) is 0 Å². The van der Waals surface area contributed by atoms with E-state index in [1.54, 1.807) is 23.1 Å². The molecule has 2 aromatic carbocycles. The zero-order valence-corrected chi connectivity index (χ0v) is 26.9. The summed E-state index contributed by atoms with van der Waals surface area (Å²) in [6.45, 7) is 4.27. The number of rotatable bonds is 7. The van der Waals surface area contributed by atoms with Crippen molar-refractivity contribution in [2.75, 3.05) is 19.7 Å². The van der Waals surface area contributed by atoms with Crippen LogP contribution in [0, 0.1) is 17.8 Å². The van der Waals surface area contributed by atoms with E-state index in [1.165, 1.54) is 4.90 Å². The van der Waals surface area contributed by atoms with Crippen LogP contribution in [-0.4, -0.2) is 82.1 Å². The molecule has 248 valence electrons. The number of ether oxygens (including phenoxy) is 2. The van der Waals surface area contributed by atoms with Crippen molar-refractivity contribution in [1.29, 1.82) is 0 Å². The maximum Gasteiger partial charge on any atom is 0.313 e. The quantitative estimate of drug-likeness (QED) is 0.351. The number of likely N-dealkylation sites (tertiary alicyclic amines) is 1.